The number of benzene rings is 1. The van der Waals surface area contributed by atoms with Crippen molar-refractivity contribution in [1.29, 1.82) is 0 Å². The monoisotopic (exact) mass is 316 g/mol. The zero-order chi connectivity index (χ0) is 13.5. The first-order chi connectivity index (χ1) is 8.54. The van der Waals surface area contributed by atoms with E-state index in [1.807, 2.05) is 0 Å². The minimum absolute atomic E-state index is 0.157. The number of halogens is 1. The van der Waals surface area contributed by atoms with Crippen molar-refractivity contribution in [3.8, 4) is 5.75 Å². The van der Waals surface area contributed by atoms with Gasteiger partial charge >= 0.3 is 5.69 Å². The highest BCUT2D eigenvalue weighted by atomic mass is 79.9. The molecule has 0 radical (unpaired) electrons. The molecular formula is C11H13BrN2O4. The molecule has 1 aromatic carbocycles. The number of nitrogens with zero attached hydrogens (tertiary/aromatic N) is 1. The molecule has 0 saturated heterocycles. The van der Waals surface area contributed by atoms with Crippen molar-refractivity contribution in [2.75, 3.05) is 17.3 Å². The summed E-state index contributed by atoms with van der Waals surface area (Å²) in [6, 6.07) is 4.33. The van der Waals surface area contributed by atoms with Gasteiger partial charge in [-0.05, 0) is 18.6 Å². The third-order valence-electron chi connectivity index (χ3n) is 2.01. The Morgan fingerprint density at radius 2 is 2.28 bits per heavy atom. The van der Waals surface area contributed by atoms with Crippen molar-refractivity contribution < 1.29 is 14.5 Å². The van der Waals surface area contributed by atoms with Crippen molar-refractivity contribution in [2.24, 2.45) is 0 Å². The van der Waals surface area contributed by atoms with Crippen LogP contribution in [-0.2, 0) is 4.79 Å². The van der Waals surface area contributed by atoms with Crippen molar-refractivity contribution >= 4 is 33.2 Å². The Labute approximate surface area is 113 Å². The van der Waals surface area contributed by atoms with Gasteiger partial charge in [-0.2, -0.15) is 0 Å². The van der Waals surface area contributed by atoms with Crippen LogP contribution in [0.25, 0.3) is 0 Å². The molecule has 0 aliphatic carbocycles. The molecule has 0 heterocycles. The second-order valence-electron chi connectivity index (χ2n) is 3.51. The van der Waals surface area contributed by atoms with E-state index in [-0.39, 0.29) is 17.3 Å². The van der Waals surface area contributed by atoms with Crippen molar-refractivity contribution in [2.45, 2.75) is 13.3 Å². The normalized spacial score (nSPS) is 9.89. The largest absolute Gasteiger partial charge is 0.487 e. The van der Waals surface area contributed by atoms with E-state index >= 15 is 0 Å². The van der Waals surface area contributed by atoms with Crippen LogP contribution >= 0.6 is 15.9 Å². The van der Waals surface area contributed by atoms with E-state index in [2.05, 4.69) is 21.2 Å². The summed E-state index contributed by atoms with van der Waals surface area (Å²) in [6.07, 6.45) is 0.755. The number of nitro groups is 1. The van der Waals surface area contributed by atoms with Crippen LogP contribution in [0, 0.1) is 10.1 Å². The number of ether oxygens (including phenoxy) is 1. The Balaban J connectivity index is 2.90. The van der Waals surface area contributed by atoms with E-state index in [0.29, 0.717) is 12.3 Å². The fourth-order valence-corrected chi connectivity index (χ4v) is 1.53. The number of amides is 1. The summed E-state index contributed by atoms with van der Waals surface area (Å²) in [5.74, 6) is -0.0766. The minimum Gasteiger partial charge on any atom is -0.487 e. The van der Waals surface area contributed by atoms with E-state index in [4.69, 9.17) is 4.74 Å². The number of hydrogen-bond donors (Lipinski definition) is 1. The van der Waals surface area contributed by atoms with E-state index in [1.165, 1.54) is 19.1 Å². The topological polar surface area (TPSA) is 81.5 Å². The average molecular weight is 317 g/mol. The quantitative estimate of drug-likeness (QED) is 0.378. The molecule has 18 heavy (non-hydrogen) atoms. The summed E-state index contributed by atoms with van der Waals surface area (Å²) >= 11 is 3.25. The Kier molecular flexibility index (Phi) is 5.57. The SMILES string of the molecule is CC(=O)Nc1ccc(OCCCBr)c([N+](=O)[O-])c1. The molecular weight excluding hydrogens is 304 g/mol. The van der Waals surface area contributed by atoms with Crippen LogP contribution < -0.4 is 10.1 Å². The first kappa shape index (κ1) is 14.4. The molecule has 1 amide bonds. The lowest BCUT2D eigenvalue weighted by atomic mass is 10.2. The van der Waals surface area contributed by atoms with Gasteiger partial charge in [0.25, 0.3) is 0 Å². The first-order valence-electron chi connectivity index (χ1n) is 5.29. The molecule has 1 aromatic rings. The maximum Gasteiger partial charge on any atom is 0.312 e. The Hall–Kier alpha value is -1.63. The van der Waals surface area contributed by atoms with E-state index in [1.54, 1.807) is 6.07 Å². The molecule has 0 spiro atoms. The van der Waals surface area contributed by atoms with Gasteiger partial charge < -0.3 is 10.1 Å². The highest BCUT2D eigenvalue weighted by Gasteiger charge is 2.16. The van der Waals surface area contributed by atoms with Crippen LogP contribution in [0.2, 0.25) is 0 Å². The number of nitrogens with one attached hydrogen (secondary N) is 1. The summed E-state index contributed by atoms with van der Waals surface area (Å²) in [5.41, 5.74) is 0.220. The first-order valence-corrected chi connectivity index (χ1v) is 6.41. The highest BCUT2D eigenvalue weighted by Crippen LogP contribution is 2.30. The predicted octanol–water partition coefficient (Wildman–Crippen LogP) is 2.72. The molecule has 0 fully saturated rings. The lowest BCUT2D eigenvalue weighted by Crippen LogP contribution is -2.07. The van der Waals surface area contributed by atoms with Gasteiger partial charge in [0.05, 0.1) is 11.5 Å². The van der Waals surface area contributed by atoms with Gasteiger partial charge in [0, 0.05) is 24.0 Å². The maximum absolute atomic E-state index is 10.9. The van der Waals surface area contributed by atoms with Crippen LogP contribution in [0.1, 0.15) is 13.3 Å². The molecule has 0 aromatic heterocycles. The van der Waals surface area contributed by atoms with Gasteiger partial charge in [-0.15, -0.1) is 0 Å². The second kappa shape index (κ2) is 6.95. The molecule has 6 nitrogen and oxygen atoms in total. The molecule has 98 valence electrons. The molecule has 0 aliphatic heterocycles. The number of rotatable bonds is 6. The van der Waals surface area contributed by atoms with Crippen molar-refractivity contribution in [1.82, 2.24) is 0 Å². The maximum atomic E-state index is 10.9. The summed E-state index contributed by atoms with van der Waals surface area (Å²) in [7, 11) is 0. The number of carbonyl (C=O) groups is 1. The third kappa shape index (κ3) is 4.33. The van der Waals surface area contributed by atoms with Crippen LogP contribution in [-0.4, -0.2) is 22.8 Å². The smallest absolute Gasteiger partial charge is 0.312 e. The highest BCUT2D eigenvalue weighted by molar-refractivity contribution is 9.09. The molecule has 0 saturated carbocycles. The molecule has 0 unspecified atom stereocenters. The molecule has 7 heteroatoms. The number of anilines is 1. The van der Waals surface area contributed by atoms with Crippen LogP contribution in [0.4, 0.5) is 11.4 Å². The van der Waals surface area contributed by atoms with E-state index in [9.17, 15) is 14.9 Å². The number of alkyl halides is 1. The van der Waals surface area contributed by atoms with Gasteiger partial charge in [0.1, 0.15) is 0 Å². The lowest BCUT2D eigenvalue weighted by Gasteiger charge is -2.07. The number of nitro benzene ring substituents is 1. The molecule has 1 N–H and O–H groups in total. The van der Waals surface area contributed by atoms with E-state index in [0.717, 1.165) is 11.8 Å². The fourth-order valence-electron chi connectivity index (χ4n) is 1.30. The average Bonchev–Trinajstić information content (AvgIpc) is 2.30. The molecule has 0 aliphatic rings. The zero-order valence-corrected chi connectivity index (χ0v) is 11.4. The Morgan fingerprint density at radius 1 is 1.56 bits per heavy atom. The van der Waals surface area contributed by atoms with Gasteiger partial charge in [-0.1, -0.05) is 15.9 Å². The Bertz CT molecular complexity index is 451. The zero-order valence-electron chi connectivity index (χ0n) is 9.81. The van der Waals surface area contributed by atoms with Crippen molar-refractivity contribution in [3.63, 3.8) is 0 Å². The van der Waals surface area contributed by atoms with Crippen LogP contribution in [0.3, 0.4) is 0 Å². The Morgan fingerprint density at radius 3 is 2.83 bits per heavy atom. The molecule has 0 atom stereocenters. The number of hydrogen-bond acceptors (Lipinski definition) is 4. The van der Waals surface area contributed by atoms with Gasteiger partial charge in [0.2, 0.25) is 5.91 Å². The minimum atomic E-state index is -0.533. The third-order valence-corrected chi connectivity index (χ3v) is 2.57. The lowest BCUT2D eigenvalue weighted by molar-refractivity contribution is -0.385. The predicted molar refractivity (Wildman–Crippen MR) is 71.3 cm³/mol. The van der Waals surface area contributed by atoms with Gasteiger partial charge in [0.15, 0.2) is 5.75 Å². The summed E-state index contributed by atoms with van der Waals surface area (Å²) in [5, 5.41) is 14.2. The van der Waals surface area contributed by atoms with Gasteiger partial charge in [-0.25, -0.2) is 0 Å². The number of carbonyl (C=O) groups excluding carboxylic acids is 1. The molecule has 1 rings (SSSR count). The standard InChI is InChI=1S/C11H13BrN2O4/c1-8(15)13-9-3-4-11(18-6-2-5-12)10(7-9)14(16)17/h3-4,7H,2,5-6H2,1H3,(H,13,15). The van der Waals surface area contributed by atoms with Crippen LogP contribution in [0.15, 0.2) is 18.2 Å². The van der Waals surface area contributed by atoms with Crippen molar-refractivity contribution in [3.05, 3.63) is 28.3 Å². The van der Waals surface area contributed by atoms with Gasteiger partial charge in [-0.3, -0.25) is 14.9 Å². The van der Waals surface area contributed by atoms with E-state index < -0.39 is 4.92 Å². The molecule has 0 bridgehead atoms. The fraction of sp³-hybridized carbons (Fsp3) is 0.364. The summed E-state index contributed by atoms with van der Waals surface area (Å²) in [6.45, 7) is 1.73. The second-order valence-corrected chi connectivity index (χ2v) is 4.30. The van der Waals surface area contributed by atoms with Crippen LogP contribution in [0.5, 0.6) is 5.75 Å². The summed E-state index contributed by atoms with van der Waals surface area (Å²) in [4.78, 5) is 21.2. The summed E-state index contributed by atoms with van der Waals surface area (Å²) < 4.78 is 5.31.